The molecule has 8 nitrogen and oxygen atoms in total. The average molecular weight is 455 g/mol. The quantitative estimate of drug-likeness (QED) is 0.253. The highest BCUT2D eigenvalue weighted by atomic mass is 32.1. The molecule has 0 aliphatic carbocycles. The van der Waals surface area contributed by atoms with Gasteiger partial charge >= 0.3 is 0 Å². The van der Waals surface area contributed by atoms with Gasteiger partial charge in [-0.15, -0.1) is 0 Å². The Morgan fingerprint density at radius 2 is 2.03 bits per heavy atom. The molecule has 1 aromatic heterocycles. The number of amides is 1. The van der Waals surface area contributed by atoms with Crippen LogP contribution >= 0.6 is 11.3 Å². The van der Waals surface area contributed by atoms with Crippen molar-refractivity contribution in [3.63, 3.8) is 0 Å². The maximum atomic E-state index is 13.1. The van der Waals surface area contributed by atoms with Gasteiger partial charge in [0.1, 0.15) is 5.75 Å². The first-order valence-corrected chi connectivity index (χ1v) is 11.1. The van der Waals surface area contributed by atoms with E-state index in [0.717, 1.165) is 28.9 Å². The first kappa shape index (κ1) is 23.4. The third-order valence-electron chi connectivity index (χ3n) is 4.64. The third kappa shape index (κ3) is 6.12. The van der Waals surface area contributed by atoms with Crippen LogP contribution in [-0.4, -0.2) is 54.5 Å². The molecule has 2 aromatic carbocycles. The first-order chi connectivity index (χ1) is 15.4. The van der Waals surface area contributed by atoms with Gasteiger partial charge in [0, 0.05) is 24.8 Å². The average Bonchev–Trinajstić information content (AvgIpc) is 3.18. The second kappa shape index (κ2) is 10.8. The van der Waals surface area contributed by atoms with Crippen molar-refractivity contribution in [1.82, 2.24) is 9.88 Å². The number of carbonyl (C=O) groups excluding carboxylic acids is 1. The summed E-state index contributed by atoms with van der Waals surface area (Å²) in [4.78, 5) is 32.0. The molecule has 1 amide bonds. The predicted octanol–water partition coefficient (Wildman–Crippen LogP) is 4.60. The SMILES string of the molecule is CCOc1ccc2nc(N(CCCN(C)C)C(=O)C=Cc3cccc([N+](=O)[O-])c3)sc2c1. The van der Waals surface area contributed by atoms with Gasteiger partial charge in [-0.05, 0) is 63.8 Å². The highest BCUT2D eigenvalue weighted by molar-refractivity contribution is 7.22. The number of nitro groups is 1. The van der Waals surface area contributed by atoms with E-state index in [9.17, 15) is 14.9 Å². The van der Waals surface area contributed by atoms with Gasteiger partial charge in [0.15, 0.2) is 5.13 Å². The van der Waals surface area contributed by atoms with Crippen LogP contribution in [0.4, 0.5) is 10.8 Å². The molecule has 0 saturated heterocycles. The lowest BCUT2D eigenvalue weighted by atomic mass is 10.2. The summed E-state index contributed by atoms with van der Waals surface area (Å²) in [6.07, 6.45) is 3.81. The molecule has 3 rings (SSSR count). The number of hydrogen-bond donors (Lipinski definition) is 0. The van der Waals surface area contributed by atoms with Gasteiger partial charge in [-0.3, -0.25) is 19.8 Å². The monoisotopic (exact) mass is 454 g/mol. The van der Waals surface area contributed by atoms with Crippen LogP contribution in [0, 0.1) is 10.1 Å². The number of benzene rings is 2. The number of fused-ring (bicyclic) bond motifs is 1. The number of nitrogens with zero attached hydrogens (tertiary/aromatic N) is 4. The summed E-state index contributed by atoms with van der Waals surface area (Å²) >= 11 is 1.44. The molecule has 0 aliphatic heterocycles. The second-order valence-corrected chi connectivity index (χ2v) is 8.40. The van der Waals surface area contributed by atoms with Crippen LogP contribution < -0.4 is 9.64 Å². The molecule has 0 unspecified atom stereocenters. The normalized spacial score (nSPS) is 11.4. The van der Waals surface area contributed by atoms with E-state index in [0.29, 0.717) is 23.8 Å². The minimum atomic E-state index is -0.454. The van der Waals surface area contributed by atoms with E-state index in [1.54, 1.807) is 23.1 Å². The Labute approximate surface area is 190 Å². The topological polar surface area (TPSA) is 88.8 Å². The van der Waals surface area contributed by atoms with Gasteiger partial charge in [-0.1, -0.05) is 23.5 Å². The van der Waals surface area contributed by atoms with Crippen molar-refractivity contribution < 1.29 is 14.5 Å². The molecule has 3 aromatic rings. The Balaban J connectivity index is 1.86. The number of ether oxygens (including phenoxy) is 1. The van der Waals surface area contributed by atoms with E-state index in [2.05, 4.69) is 9.88 Å². The molecule has 0 saturated carbocycles. The van der Waals surface area contributed by atoms with Crippen LogP contribution in [0.25, 0.3) is 16.3 Å². The van der Waals surface area contributed by atoms with Crippen molar-refractivity contribution in [3.05, 3.63) is 64.2 Å². The standard InChI is InChI=1S/C23H26N4O4S/c1-4-31-19-10-11-20-21(16-19)32-23(24-20)26(14-6-13-25(2)3)22(28)12-9-17-7-5-8-18(15-17)27(29)30/h5,7-12,15-16H,4,6,13-14H2,1-3H3. The van der Waals surface area contributed by atoms with E-state index in [4.69, 9.17) is 4.74 Å². The summed E-state index contributed by atoms with van der Waals surface area (Å²) in [7, 11) is 3.97. The molecule has 0 fully saturated rings. The number of aromatic nitrogens is 1. The smallest absolute Gasteiger partial charge is 0.270 e. The van der Waals surface area contributed by atoms with Crippen molar-refractivity contribution in [2.45, 2.75) is 13.3 Å². The molecule has 0 spiro atoms. The Bertz CT molecular complexity index is 1130. The number of non-ortho nitro benzene ring substituents is 1. The molecule has 0 aliphatic rings. The van der Waals surface area contributed by atoms with Gasteiger partial charge in [0.25, 0.3) is 11.6 Å². The van der Waals surface area contributed by atoms with Crippen LogP contribution in [0.15, 0.2) is 48.5 Å². The van der Waals surface area contributed by atoms with E-state index in [1.165, 1.54) is 29.5 Å². The fourth-order valence-electron chi connectivity index (χ4n) is 3.11. The number of thiazole rings is 1. The summed E-state index contributed by atoms with van der Waals surface area (Å²) in [6, 6.07) is 11.9. The maximum Gasteiger partial charge on any atom is 0.270 e. The molecule has 0 radical (unpaired) electrons. The lowest BCUT2D eigenvalue weighted by Crippen LogP contribution is -2.32. The lowest BCUT2D eigenvalue weighted by molar-refractivity contribution is -0.384. The number of hydrogen-bond acceptors (Lipinski definition) is 7. The van der Waals surface area contributed by atoms with E-state index in [1.807, 2.05) is 39.2 Å². The number of carbonyl (C=O) groups is 1. The number of anilines is 1. The highest BCUT2D eigenvalue weighted by Gasteiger charge is 2.18. The van der Waals surface area contributed by atoms with E-state index in [-0.39, 0.29) is 11.6 Å². The Kier molecular flexibility index (Phi) is 7.91. The first-order valence-electron chi connectivity index (χ1n) is 10.3. The molecular formula is C23H26N4O4S. The highest BCUT2D eigenvalue weighted by Crippen LogP contribution is 2.32. The fourth-order valence-corrected chi connectivity index (χ4v) is 4.13. The Morgan fingerprint density at radius 3 is 2.75 bits per heavy atom. The zero-order valence-corrected chi connectivity index (χ0v) is 19.2. The van der Waals surface area contributed by atoms with Gasteiger partial charge in [-0.25, -0.2) is 4.98 Å². The molecule has 168 valence electrons. The molecule has 0 bridgehead atoms. The van der Waals surface area contributed by atoms with Crippen molar-refractivity contribution >= 4 is 44.4 Å². The van der Waals surface area contributed by atoms with Crippen molar-refractivity contribution in [2.24, 2.45) is 0 Å². The molecule has 1 heterocycles. The number of nitro benzene ring substituents is 1. The van der Waals surface area contributed by atoms with Gasteiger partial charge < -0.3 is 9.64 Å². The van der Waals surface area contributed by atoms with Crippen molar-refractivity contribution in [1.29, 1.82) is 0 Å². The summed E-state index contributed by atoms with van der Waals surface area (Å²) < 4.78 is 6.51. The molecule has 32 heavy (non-hydrogen) atoms. The summed E-state index contributed by atoms with van der Waals surface area (Å²) in [5.41, 5.74) is 1.38. The molecule has 0 atom stereocenters. The van der Waals surface area contributed by atoms with Gasteiger partial charge in [0.2, 0.25) is 0 Å². The largest absolute Gasteiger partial charge is 0.494 e. The summed E-state index contributed by atoms with van der Waals surface area (Å²) in [5, 5.41) is 11.6. The zero-order chi connectivity index (χ0) is 23.1. The summed E-state index contributed by atoms with van der Waals surface area (Å²) in [6.45, 7) is 3.85. The minimum Gasteiger partial charge on any atom is -0.494 e. The van der Waals surface area contributed by atoms with Crippen molar-refractivity contribution in [2.75, 3.05) is 38.7 Å². The fraction of sp³-hybridized carbons (Fsp3) is 0.304. The Morgan fingerprint density at radius 1 is 1.22 bits per heavy atom. The van der Waals surface area contributed by atoms with Crippen LogP contribution in [0.1, 0.15) is 18.9 Å². The molecule has 0 N–H and O–H groups in total. The predicted molar refractivity (Wildman–Crippen MR) is 128 cm³/mol. The Hall–Kier alpha value is -3.30. The molecular weight excluding hydrogens is 428 g/mol. The maximum absolute atomic E-state index is 13.1. The van der Waals surface area contributed by atoms with Crippen LogP contribution in [-0.2, 0) is 4.79 Å². The van der Waals surface area contributed by atoms with Crippen LogP contribution in [0.2, 0.25) is 0 Å². The second-order valence-electron chi connectivity index (χ2n) is 7.39. The number of rotatable bonds is 10. The van der Waals surface area contributed by atoms with Gasteiger partial charge in [0.05, 0.1) is 21.7 Å². The van der Waals surface area contributed by atoms with Crippen LogP contribution in [0.3, 0.4) is 0 Å². The van der Waals surface area contributed by atoms with E-state index >= 15 is 0 Å². The minimum absolute atomic E-state index is 0.0151. The van der Waals surface area contributed by atoms with Crippen LogP contribution in [0.5, 0.6) is 5.75 Å². The summed E-state index contributed by atoms with van der Waals surface area (Å²) in [5.74, 6) is 0.547. The van der Waals surface area contributed by atoms with Crippen molar-refractivity contribution in [3.8, 4) is 5.75 Å². The zero-order valence-electron chi connectivity index (χ0n) is 18.4. The lowest BCUT2D eigenvalue weighted by Gasteiger charge is -2.19. The third-order valence-corrected chi connectivity index (χ3v) is 5.68. The molecule has 9 heteroatoms. The van der Waals surface area contributed by atoms with E-state index < -0.39 is 4.92 Å². The van der Waals surface area contributed by atoms with Gasteiger partial charge in [-0.2, -0.15) is 0 Å².